The maximum Gasteiger partial charge on any atom is 0.303 e. The van der Waals surface area contributed by atoms with Gasteiger partial charge in [-0.05, 0) is 105 Å². The fourth-order valence-electron chi connectivity index (χ4n) is 11.6. The summed E-state index contributed by atoms with van der Waals surface area (Å²) in [7, 11) is -22.0. The first-order valence-electron chi connectivity index (χ1n) is 30.8. The number of ether oxygens (including phenoxy) is 10. The first-order chi connectivity index (χ1) is 45.4. The predicted octanol–water partition coefficient (Wildman–Crippen LogP) is 6.24. The third kappa shape index (κ3) is 22.6. The molecule has 0 aromatic heterocycles. The zero-order valence-electron chi connectivity index (χ0n) is 54.0. The number of hydrogen-bond donors (Lipinski definition) is 6. The second-order valence-electron chi connectivity index (χ2n) is 22.7. The summed E-state index contributed by atoms with van der Waals surface area (Å²) in [5.41, 5.74) is -0.0871. The number of anilines is 1. The molecule has 96 heavy (non-hydrogen) atoms. The lowest BCUT2D eigenvalue weighted by atomic mass is 9.74. The van der Waals surface area contributed by atoms with E-state index in [1.165, 1.54) is 12.1 Å². The van der Waals surface area contributed by atoms with E-state index in [2.05, 4.69) is 0 Å². The Kier molecular flexibility index (Phi) is 30.5. The molecule has 0 bridgehead atoms. The standard InChI is InChI=1S/C62H86N2O27S5/c1-61(19-11-41-92(67,68)69)56(64(22-24-85-30-32-89-37-38-91-40-39-90-36-34-87-28-26-83-4)53-18-16-48-50(59(53)61)42-46(93(70,71)72)44-54(48)95(76,77)78)12-7-5-8-13-57-62(2,20-23-84-29-31-88-35-33-86-27-25-82-3)60-51-43-47(94(73,74)75)45-55(96(79,80)81)49(51)15-17-52(60)63(57)21-10-6-9-14-58(65)66/h5,7-8,12-13,15-18,42-45H,6,9-11,14,19-41H2,1-4H3,(H5-,65,66,67,68,69,70,71,72,73,74,75,76,77,78,79,80,81)/p+1. The first kappa shape index (κ1) is 79.7. The Morgan fingerprint density at radius 1 is 0.490 bits per heavy atom. The first-order valence-corrected chi connectivity index (χ1v) is 38.1. The van der Waals surface area contributed by atoms with Crippen molar-refractivity contribution in [3.05, 3.63) is 95.7 Å². The highest BCUT2D eigenvalue weighted by atomic mass is 32.2. The molecule has 6 N–H and O–H groups in total. The van der Waals surface area contributed by atoms with Crippen LogP contribution in [0, 0.1) is 0 Å². The fraction of sp³-hybridized carbons (Fsp3) is 0.548. The number of methoxy groups -OCH3 is 2. The van der Waals surface area contributed by atoms with Crippen LogP contribution in [0.3, 0.4) is 0 Å². The van der Waals surface area contributed by atoms with Gasteiger partial charge in [0.1, 0.15) is 16.4 Å². The van der Waals surface area contributed by atoms with Crippen LogP contribution < -0.4 is 4.90 Å². The fourth-order valence-corrected chi connectivity index (χ4v) is 14.8. The van der Waals surface area contributed by atoms with E-state index in [0.717, 1.165) is 12.1 Å². The van der Waals surface area contributed by atoms with Crippen molar-refractivity contribution in [1.29, 1.82) is 0 Å². The normalized spacial score (nSPS) is 17.6. The monoisotopic (exact) mass is 1450 g/mol. The third-order valence-corrected chi connectivity index (χ3v) is 20.3. The average molecular weight is 1450 g/mol. The molecule has 29 nitrogen and oxygen atoms in total. The van der Waals surface area contributed by atoms with Crippen molar-refractivity contribution in [2.75, 3.05) is 157 Å². The Hall–Kier alpha value is -5.29. The summed E-state index contributed by atoms with van der Waals surface area (Å²) in [5.74, 6) is -1.71. The Morgan fingerprint density at radius 2 is 0.948 bits per heavy atom. The summed E-state index contributed by atoms with van der Waals surface area (Å²) in [6, 6.07) is 9.36. The molecule has 4 aromatic carbocycles. The van der Waals surface area contributed by atoms with E-state index in [4.69, 9.17) is 47.4 Å². The van der Waals surface area contributed by atoms with Crippen molar-refractivity contribution in [3.8, 4) is 0 Å². The summed E-state index contributed by atoms with van der Waals surface area (Å²) in [6.45, 7) is 8.79. The summed E-state index contributed by atoms with van der Waals surface area (Å²) in [6.07, 6.45) is 9.36. The number of aliphatic carboxylic acids is 1. The van der Waals surface area contributed by atoms with E-state index >= 15 is 0 Å². The van der Waals surface area contributed by atoms with Crippen LogP contribution >= 0.6 is 0 Å². The van der Waals surface area contributed by atoms with Crippen molar-refractivity contribution in [2.45, 2.75) is 89.2 Å². The van der Waals surface area contributed by atoms with E-state index < -0.39 is 92.7 Å². The number of carbonyl (C=O) groups is 1. The molecule has 6 rings (SSSR count). The van der Waals surface area contributed by atoms with E-state index in [1.807, 2.05) is 11.8 Å². The van der Waals surface area contributed by atoms with E-state index in [0.29, 0.717) is 119 Å². The molecule has 2 unspecified atom stereocenters. The quantitative estimate of drug-likeness (QED) is 0.0123. The number of allylic oxidation sites excluding steroid dienone is 6. The lowest BCUT2D eigenvalue weighted by molar-refractivity contribution is -0.442. The molecule has 0 saturated heterocycles. The Balaban J connectivity index is 1.43. The van der Waals surface area contributed by atoms with Gasteiger partial charge in [-0.2, -0.15) is 46.7 Å². The van der Waals surface area contributed by atoms with Gasteiger partial charge in [-0.15, -0.1) is 0 Å². The number of nitrogens with zero attached hydrogens (tertiary/aromatic N) is 2. The second kappa shape index (κ2) is 36.7. The van der Waals surface area contributed by atoms with Crippen LogP contribution in [-0.4, -0.2) is 238 Å². The Labute approximate surface area is 560 Å². The molecule has 536 valence electrons. The van der Waals surface area contributed by atoms with Gasteiger partial charge >= 0.3 is 5.97 Å². The molecule has 0 fully saturated rings. The van der Waals surface area contributed by atoms with Gasteiger partial charge in [0.25, 0.3) is 50.6 Å². The summed E-state index contributed by atoms with van der Waals surface area (Å²) in [5, 5.41) is 9.25. The number of unbranched alkanes of at least 4 members (excludes halogenated alkanes) is 2. The minimum atomic E-state index is -5.18. The second-order valence-corrected chi connectivity index (χ2v) is 29.9. The van der Waals surface area contributed by atoms with Gasteiger partial charge < -0.3 is 57.4 Å². The molecule has 0 radical (unpaired) electrons. The van der Waals surface area contributed by atoms with E-state index in [9.17, 15) is 74.8 Å². The molecular weight excluding hydrogens is 1370 g/mol. The molecule has 2 heterocycles. The Bertz CT molecular complexity index is 4030. The van der Waals surface area contributed by atoms with Crippen LogP contribution in [0.4, 0.5) is 11.4 Å². The molecule has 0 spiro atoms. The van der Waals surface area contributed by atoms with Crippen molar-refractivity contribution in [2.24, 2.45) is 0 Å². The number of benzene rings is 4. The van der Waals surface area contributed by atoms with Gasteiger partial charge in [0.05, 0.1) is 127 Å². The van der Waals surface area contributed by atoms with Crippen molar-refractivity contribution < 1.29 is 127 Å². The highest BCUT2D eigenvalue weighted by molar-refractivity contribution is 7.87. The highest BCUT2D eigenvalue weighted by Gasteiger charge is 2.50. The number of hydrogen-bond acceptors (Lipinski definition) is 22. The van der Waals surface area contributed by atoms with Crippen LogP contribution in [0.25, 0.3) is 21.5 Å². The topological polar surface area (TPSA) is 408 Å². The number of rotatable bonds is 47. The molecular formula is C62H87N2O27S5+. The van der Waals surface area contributed by atoms with Crippen molar-refractivity contribution >= 4 is 95.2 Å². The van der Waals surface area contributed by atoms with Gasteiger partial charge in [-0.3, -0.25) is 27.6 Å². The SMILES string of the molecule is COCCOCCOCCOCCOCCOCC[N+]1=C(/C=C/C=C/C=C2/N(CCCCCC(=O)O)c3ccc4c(S(=O)(=O)O)cc(S(=O)(=O)O)cc4c3C2(C)CCOCCOCCOCCOC)C(C)(CCCS(=O)(=O)O)c2c1ccc1c(S(=O)(=O)O)cc(S(=O)(=O)O)cc21. The number of carboxylic acids is 1. The molecule has 0 aliphatic carbocycles. The van der Waals surface area contributed by atoms with Gasteiger partial charge in [0.15, 0.2) is 12.3 Å². The average Bonchev–Trinajstić information content (AvgIpc) is 1.53. The molecule has 34 heteroatoms. The number of fused-ring (bicyclic) bond motifs is 6. The van der Waals surface area contributed by atoms with E-state index in [1.54, 1.807) is 68.2 Å². The van der Waals surface area contributed by atoms with Gasteiger partial charge in [0.2, 0.25) is 5.69 Å². The third-order valence-electron chi connectivity index (χ3n) is 16.0. The lowest BCUT2D eigenvalue weighted by Gasteiger charge is -2.31. The van der Waals surface area contributed by atoms with Crippen molar-refractivity contribution in [3.63, 3.8) is 0 Å². The molecule has 2 atom stereocenters. The Morgan fingerprint density at radius 3 is 1.41 bits per heavy atom. The van der Waals surface area contributed by atoms with E-state index in [-0.39, 0.29) is 125 Å². The molecule has 4 aromatic rings. The van der Waals surface area contributed by atoms with Gasteiger partial charge in [0, 0.05) is 79.1 Å². The molecule has 2 aliphatic heterocycles. The smallest absolute Gasteiger partial charge is 0.303 e. The molecule has 2 aliphatic rings. The maximum absolute atomic E-state index is 13.0. The zero-order valence-corrected chi connectivity index (χ0v) is 58.1. The lowest BCUT2D eigenvalue weighted by Crippen LogP contribution is -2.33. The highest BCUT2D eigenvalue weighted by Crippen LogP contribution is 2.54. The largest absolute Gasteiger partial charge is 0.481 e. The van der Waals surface area contributed by atoms with Crippen LogP contribution in [0.5, 0.6) is 0 Å². The molecule has 0 saturated carbocycles. The number of carboxylic acid groups (broad SMARTS) is 1. The summed E-state index contributed by atoms with van der Waals surface area (Å²) >= 11 is 0. The van der Waals surface area contributed by atoms with Gasteiger partial charge in [-0.1, -0.05) is 30.7 Å². The summed E-state index contributed by atoms with van der Waals surface area (Å²) < 4.78 is 237. The van der Waals surface area contributed by atoms with Crippen LogP contribution in [-0.2, 0) is 114 Å². The van der Waals surface area contributed by atoms with Crippen LogP contribution in [0.1, 0.15) is 69.9 Å². The predicted molar refractivity (Wildman–Crippen MR) is 352 cm³/mol. The maximum atomic E-state index is 13.0. The zero-order chi connectivity index (χ0) is 70.4. The van der Waals surface area contributed by atoms with Crippen LogP contribution in [0.2, 0.25) is 0 Å². The van der Waals surface area contributed by atoms with Crippen LogP contribution in [0.15, 0.2) is 104 Å². The minimum absolute atomic E-state index is 0.0179. The summed E-state index contributed by atoms with van der Waals surface area (Å²) in [4.78, 5) is 10.1. The van der Waals surface area contributed by atoms with Crippen molar-refractivity contribution in [1.82, 2.24) is 0 Å². The minimum Gasteiger partial charge on any atom is -0.481 e. The van der Waals surface area contributed by atoms with Gasteiger partial charge in [-0.25, -0.2) is 0 Å². The molecule has 0 amide bonds.